The number of carbonyl (C=O) groups excluding carboxylic acids is 5. The van der Waals surface area contributed by atoms with Gasteiger partial charge >= 0.3 is 0 Å². The molecule has 4 atom stereocenters. The molecule has 5 rings (SSSR count). The van der Waals surface area contributed by atoms with Crippen molar-refractivity contribution in [2.24, 2.45) is 16.5 Å². The number of oxime groups is 1. The fraction of sp³-hybridized carbons (Fsp3) is 0.684. The van der Waals surface area contributed by atoms with Crippen LogP contribution in [0.25, 0.3) is 0 Å². The third kappa shape index (κ3) is 9.23. The van der Waals surface area contributed by atoms with Gasteiger partial charge in [0, 0.05) is 30.9 Å². The standard InChI is InChI=1S/C38H54ClN5O7/c1-7-11-27(32(46)35(48)40-24-14-15-24)41-34(47)29-20-38(19-28(43-51-38)25-18-26(39)30(50-6)16-22(25)2)21-44(29)36(49)33(37(3,4)5)42-31(45)17-23-12-9-8-10-13-23/h16,18,23-24,27,29,33H,7-15,17,19-21H2,1-6H3,(H,40,48)(H,41,47)(H,42,45)/t27-,29-,33+,38+/m0/s1. The first-order valence-electron chi connectivity index (χ1n) is 18.5. The number of benzene rings is 1. The van der Waals surface area contributed by atoms with Gasteiger partial charge in [-0.2, -0.15) is 0 Å². The predicted octanol–water partition coefficient (Wildman–Crippen LogP) is 4.76. The van der Waals surface area contributed by atoms with Crippen LogP contribution in [-0.4, -0.2) is 83.4 Å². The summed E-state index contributed by atoms with van der Waals surface area (Å²) in [6.45, 7) is 9.46. The fourth-order valence-corrected chi connectivity index (χ4v) is 7.79. The van der Waals surface area contributed by atoms with Gasteiger partial charge in [0.15, 0.2) is 5.60 Å². The summed E-state index contributed by atoms with van der Waals surface area (Å²) in [6, 6.07) is 0.545. The number of halogens is 1. The van der Waals surface area contributed by atoms with E-state index in [2.05, 4.69) is 21.1 Å². The summed E-state index contributed by atoms with van der Waals surface area (Å²) in [6.07, 6.45) is 8.55. The van der Waals surface area contributed by atoms with Gasteiger partial charge in [0.2, 0.25) is 23.5 Å². The Hall–Kier alpha value is -3.67. The van der Waals surface area contributed by atoms with E-state index in [1.54, 1.807) is 13.2 Å². The van der Waals surface area contributed by atoms with Gasteiger partial charge in [-0.05, 0) is 68.1 Å². The minimum Gasteiger partial charge on any atom is -0.495 e. The average molecular weight is 728 g/mol. The molecule has 2 aliphatic carbocycles. The molecule has 0 aromatic heterocycles. The first-order valence-corrected chi connectivity index (χ1v) is 18.9. The number of Topliss-reactive ketones (excluding diaryl/α,β-unsaturated/α-hetero) is 1. The van der Waals surface area contributed by atoms with Gasteiger partial charge in [-0.1, -0.05) is 70.1 Å². The molecule has 1 spiro atoms. The zero-order chi connectivity index (χ0) is 37.1. The van der Waals surface area contributed by atoms with E-state index >= 15 is 0 Å². The Morgan fingerprint density at radius 2 is 1.78 bits per heavy atom. The van der Waals surface area contributed by atoms with Crippen LogP contribution < -0.4 is 20.7 Å². The van der Waals surface area contributed by atoms with Gasteiger partial charge < -0.3 is 30.4 Å². The maximum Gasteiger partial charge on any atom is 0.289 e. The van der Waals surface area contributed by atoms with Crippen molar-refractivity contribution < 1.29 is 33.5 Å². The number of ketones is 1. The Morgan fingerprint density at radius 1 is 1.08 bits per heavy atom. The molecular formula is C38H54ClN5O7. The number of rotatable bonds is 13. The highest BCUT2D eigenvalue weighted by Gasteiger charge is 2.56. The number of hydrogen-bond acceptors (Lipinski definition) is 8. The molecule has 0 unspecified atom stereocenters. The molecule has 4 aliphatic rings. The summed E-state index contributed by atoms with van der Waals surface area (Å²) < 4.78 is 5.37. The molecule has 0 bridgehead atoms. The van der Waals surface area contributed by atoms with Crippen LogP contribution in [0.4, 0.5) is 0 Å². The lowest BCUT2D eigenvalue weighted by atomic mass is 9.84. The molecule has 0 radical (unpaired) electrons. The van der Waals surface area contributed by atoms with Gasteiger partial charge in [-0.25, -0.2) is 0 Å². The van der Waals surface area contributed by atoms with E-state index in [0.717, 1.165) is 49.7 Å². The molecule has 280 valence electrons. The molecule has 2 aliphatic heterocycles. The lowest BCUT2D eigenvalue weighted by Crippen LogP contribution is -2.59. The largest absolute Gasteiger partial charge is 0.495 e. The zero-order valence-corrected chi connectivity index (χ0v) is 31.6. The number of hydrogen-bond donors (Lipinski definition) is 3. The summed E-state index contributed by atoms with van der Waals surface area (Å²) in [5.74, 6) is -1.77. The lowest BCUT2D eigenvalue weighted by Gasteiger charge is -2.36. The maximum absolute atomic E-state index is 14.7. The third-order valence-corrected chi connectivity index (χ3v) is 10.9. The number of nitrogens with one attached hydrogen (secondary N) is 3. The van der Waals surface area contributed by atoms with Gasteiger partial charge in [0.25, 0.3) is 5.91 Å². The third-order valence-electron chi connectivity index (χ3n) is 10.6. The normalized spacial score (nSPS) is 23.2. The first kappa shape index (κ1) is 38.6. The summed E-state index contributed by atoms with van der Waals surface area (Å²) in [7, 11) is 1.54. The highest BCUT2D eigenvalue weighted by Crippen LogP contribution is 2.41. The molecule has 2 saturated carbocycles. The molecule has 4 amide bonds. The van der Waals surface area contributed by atoms with Crippen LogP contribution in [0.15, 0.2) is 17.3 Å². The monoisotopic (exact) mass is 727 g/mol. The highest BCUT2D eigenvalue weighted by molar-refractivity contribution is 6.38. The second-order valence-corrected chi connectivity index (χ2v) is 16.4. The average Bonchev–Trinajstić information content (AvgIpc) is 3.68. The Morgan fingerprint density at radius 3 is 2.41 bits per heavy atom. The summed E-state index contributed by atoms with van der Waals surface area (Å²) in [5, 5.41) is 13.4. The smallest absolute Gasteiger partial charge is 0.289 e. The number of aryl methyl sites for hydroxylation is 1. The number of methoxy groups -OCH3 is 1. The molecule has 1 aromatic carbocycles. The number of nitrogens with zero attached hydrogens (tertiary/aromatic N) is 2. The van der Waals surface area contributed by atoms with Crippen molar-refractivity contribution in [1.29, 1.82) is 0 Å². The first-order chi connectivity index (χ1) is 24.1. The van der Waals surface area contributed by atoms with E-state index in [0.29, 0.717) is 35.7 Å². The van der Waals surface area contributed by atoms with Crippen LogP contribution in [-0.2, 0) is 28.8 Å². The molecule has 3 N–H and O–H groups in total. The number of likely N-dealkylation sites (tertiary alicyclic amines) is 1. The Labute approximate surface area is 306 Å². The highest BCUT2D eigenvalue weighted by atomic mass is 35.5. The Bertz CT molecular complexity index is 1550. The van der Waals surface area contributed by atoms with Crippen LogP contribution >= 0.6 is 11.6 Å². The number of ether oxygens (including phenoxy) is 1. The van der Waals surface area contributed by atoms with Gasteiger partial charge in [-0.3, -0.25) is 24.0 Å². The van der Waals surface area contributed by atoms with Crippen molar-refractivity contribution in [3.63, 3.8) is 0 Å². The van der Waals surface area contributed by atoms with Crippen molar-refractivity contribution >= 4 is 46.7 Å². The van der Waals surface area contributed by atoms with Crippen molar-refractivity contribution in [3.05, 3.63) is 28.3 Å². The minimum atomic E-state index is -1.05. The summed E-state index contributed by atoms with van der Waals surface area (Å²) >= 11 is 6.48. The van der Waals surface area contributed by atoms with Crippen molar-refractivity contribution in [2.45, 2.75) is 141 Å². The molecule has 2 heterocycles. The molecular weight excluding hydrogens is 674 g/mol. The van der Waals surface area contributed by atoms with Gasteiger partial charge in [0.05, 0.1) is 30.4 Å². The maximum atomic E-state index is 14.7. The zero-order valence-electron chi connectivity index (χ0n) is 30.9. The van der Waals surface area contributed by atoms with Crippen molar-refractivity contribution in [1.82, 2.24) is 20.9 Å². The van der Waals surface area contributed by atoms with E-state index in [4.69, 9.17) is 21.2 Å². The van der Waals surface area contributed by atoms with E-state index < -0.39 is 52.6 Å². The van der Waals surface area contributed by atoms with Gasteiger partial charge in [0.1, 0.15) is 17.8 Å². The molecule has 1 saturated heterocycles. The quantitative estimate of drug-likeness (QED) is 0.248. The van der Waals surface area contributed by atoms with Crippen LogP contribution in [0.3, 0.4) is 0 Å². The summed E-state index contributed by atoms with van der Waals surface area (Å²) in [5.41, 5.74) is 0.520. The van der Waals surface area contributed by atoms with Crippen LogP contribution in [0, 0.1) is 18.3 Å². The molecule has 1 aromatic rings. The lowest BCUT2D eigenvalue weighted by molar-refractivity contribution is -0.145. The topological polar surface area (TPSA) is 156 Å². The van der Waals surface area contributed by atoms with Gasteiger partial charge in [-0.15, -0.1) is 0 Å². The van der Waals surface area contributed by atoms with Crippen LogP contribution in [0.5, 0.6) is 5.75 Å². The Kier molecular flexibility index (Phi) is 12.0. The fourth-order valence-electron chi connectivity index (χ4n) is 7.55. The number of amides is 4. The minimum absolute atomic E-state index is 0.0113. The van der Waals surface area contributed by atoms with E-state index in [-0.39, 0.29) is 37.3 Å². The molecule has 13 heteroatoms. The Balaban J connectivity index is 1.40. The molecule has 12 nitrogen and oxygen atoms in total. The summed E-state index contributed by atoms with van der Waals surface area (Å²) in [4.78, 5) is 75.8. The predicted molar refractivity (Wildman–Crippen MR) is 193 cm³/mol. The van der Waals surface area contributed by atoms with E-state index in [1.807, 2.05) is 40.7 Å². The molecule has 51 heavy (non-hydrogen) atoms. The van der Waals surface area contributed by atoms with Crippen LogP contribution in [0.2, 0.25) is 5.02 Å². The molecule has 3 fully saturated rings. The van der Waals surface area contributed by atoms with Crippen molar-refractivity contribution in [3.8, 4) is 5.75 Å². The SMILES string of the molecule is CCC[C@H](NC(=O)[C@@H]1C[C@]2(CC(c3cc(Cl)c(OC)cc3C)=NO2)CN1C(=O)[C@@H](NC(=O)CC1CCCCC1)C(C)(C)C)C(=O)C(=O)NC1CC1. The van der Waals surface area contributed by atoms with Crippen LogP contribution in [0.1, 0.15) is 116 Å². The second-order valence-electron chi connectivity index (χ2n) is 16.0. The van der Waals surface area contributed by atoms with E-state index in [9.17, 15) is 24.0 Å². The van der Waals surface area contributed by atoms with E-state index in [1.165, 1.54) is 11.3 Å². The second kappa shape index (κ2) is 15.9. The van der Waals surface area contributed by atoms with Crippen molar-refractivity contribution in [2.75, 3.05) is 13.7 Å². The number of carbonyl (C=O) groups is 5.